The van der Waals surface area contributed by atoms with E-state index in [0.29, 0.717) is 17.7 Å². The van der Waals surface area contributed by atoms with Crippen molar-refractivity contribution < 1.29 is 4.52 Å². The Morgan fingerprint density at radius 2 is 1.85 bits per heavy atom. The maximum absolute atomic E-state index is 6.38. The van der Waals surface area contributed by atoms with Crippen LogP contribution in [0.15, 0.2) is 34.9 Å². The molecule has 4 rings (SSSR count). The molecule has 0 spiro atoms. The Morgan fingerprint density at radius 1 is 1.10 bits per heavy atom. The van der Waals surface area contributed by atoms with Gasteiger partial charge in [-0.15, -0.1) is 0 Å². The fraction of sp³-hybridized carbons (Fsp3) is 0.500. The van der Waals surface area contributed by atoms with Gasteiger partial charge < -0.3 is 10.3 Å². The SMILES string of the molecule is NC1(c2noc(C3CC3c3ccccc3)n2)CCCC1. The number of hydrogen-bond acceptors (Lipinski definition) is 4. The molecule has 0 radical (unpaired) electrons. The topological polar surface area (TPSA) is 64.9 Å². The van der Waals surface area contributed by atoms with Crippen molar-refractivity contribution in [3.8, 4) is 0 Å². The summed E-state index contributed by atoms with van der Waals surface area (Å²) in [5.41, 5.74) is 7.39. The van der Waals surface area contributed by atoms with Gasteiger partial charge >= 0.3 is 0 Å². The highest BCUT2D eigenvalue weighted by molar-refractivity contribution is 5.30. The lowest BCUT2D eigenvalue weighted by Crippen LogP contribution is -2.34. The molecule has 2 fully saturated rings. The Balaban J connectivity index is 1.53. The maximum Gasteiger partial charge on any atom is 0.230 e. The summed E-state index contributed by atoms with van der Waals surface area (Å²) in [7, 11) is 0. The van der Waals surface area contributed by atoms with E-state index < -0.39 is 0 Å². The predicted octanol–water partition coefficient (Wildman–Crippen LogP) is 3.07. The number of benzene rings is 1. The third-order valence-corrected chi connectivity index (χ3v) is 4.72. The first-order chi connectivity index (χ1) is 9.76. The third kappa shape index (κ3) is 1.95. The molecule has 4 heteroatoms. The van der Waals surface area contributed by atoms with E-state index in [9.17, 15) is 0 Å². The molecule has 1 aromatic carbocycles. The van der Waals surface area contributed by atoms with Crippen LogP contribution in [-0.2, 0) is 5.54 Å². The highest BCUT2D eigenvalue weighted by Gasteiger charge is 2.45. The first-order valence-corrected chi connectivity index (χ1v) is 7.44. The largest absolute Gasteiger partial charge is 0.339 e. The summed E-state index contributed by atoms with van der Waals surface area (Å²) in [6.07, 6.45) is 5.37. The second-order valence-electron chi connectivity index (χ2n) is 6.18. The molecule has 0 saturated heterocycles. The number of nitrogens with zero attached hydrogens (tertiary/aromatic N) is 2. The molecule has 2 aliphatic rings. The lowest BCUT2D eigenvalue weighted by Gasteiger charge is -2.17. The molecular formula is C16H19N3O. The van der Waals surface area contributed by atoms with Gasteiger partial charge in [0.25, 0.3) is 0 Å². The highest BCUT2D eigenvalue weighted by Crippen LogP contribution is 2.54. The Labute approximate surface area is 118 Å². The third-order valence-electron chi connectivity index (χ3n) is 4.72. The zero-order valence-electron chi connectivity index (χ0n) is 11.5. The summed E-state index contributed by atoms with van der Waals surface area (Å²) in [5.74, 6) is 2.39. The molecule has 2 saturated carbocycles. The van der Waals surface area contributed by atoms with E-state index in [-0.39, 0.29) is 5.54 Å². The Hall–Kier alpha value is -1.68. The number of nitrogens with two attached hydrogens (primary N) is 1. The van der Waals surface area contributed by atoms with Crippen molar-refractivity contribution in [2.75, 3.05) is 0 Å². The van der Waals surface area contributed by atoms with Crippen LogP contribution in [0.3, 0.4) is 0 Å². The molecule has 2 atom stereocenters. The molecule has 2 unspecified atom stereocenters. The van der Waals surface area contributed by atoms with Gasteiger partial charge in [-0.1, -0.05) is 48.3 Å². The van der Waals surface area contributed by atoms with Crippen LogP contribution in [0.5, 0.6) is 0 Å². The monoisotopic (exact) mass is 269 g/mol. The van der Waals surface area contributed by atoms with Gasteiger partial charge in [0.15, 0.2) is 5.82 Å². The van der Waals surface area contributed by atoms with Gasteiger partial charge in [-0.25, -0.2) is 0 Å². The molecular weight excluding hydrogens is 250 g/mol. The van der Waals surface area contributed by atoms with Crippen LogP contribution in [-0.4, -0.2) is 10.1 Å². The molecule has 2 aliphatic carbocycles. The van der Waals surface area contributed by atoms with Gasteiger partial charge in [0.2, 0.25) is 5.89 Å². The summed E-state index contributed by atoms with van der Waals surface area (Å²) in [4.78, 5) is 4.60. The van der Waals surface area contributed by atoms with Gasteiger partial charge in [-0.2, -0.15) is 4.98 Å². The number of rotatable bonds is 3. The molecule has 2 aromatic rings. The van der Waals surface area contributed by atoms with E-state index in [4.69, 9.17) is 10.3 Å². The maximum atomic E-state index is 6.38. The fourth-order valence-corrected chi connectivity index (χ4v) is 3.35. The highest BCUT2D eigenvalue weighted by atomic mass is 16.5. The van der Waals surface area contributed by atoms with Crippen LogP contribution in [0.1, 0.15) is 61.2 Å². The summed E-state index contributed by atoms with van der Waals surface area (Å²) < 4.78 is 5.48. The quantitative estimate of drug-likeness (QED) is 0.930. The molecule has 4 nitrogen and oxygen atoms in total. The van der Waals surface area contributed by atoms with Crippen molar-refractivity contribution in [3.05, 3.63) is 47.6 Å². The number of aromatic nitrogens is 2. The van der Waals surface area contributed by atoms with Gasteiger partial charge in [0.05, 0.1) is 5.54 Å². The normalized spacial score (nSPS) is 27.6. The Kier molecular flexibility index (Phi) is 2.67. The minimum atomic E-state index is -0.348. The predicted molar refractivity (Wildman–Crippen MR) is 75.2 cm³/mol. The van der Waals surface area contributed by atoms with Crippen LogP contribution in [0.4, 0.5) is 0 Å². The minimum Gasteiger partial charge on any atom is -0.339 e. The first-order valence-electron chi connectivity index (χ1n) is 7.44. The van der Waals surface area contributed by atoms with Crippen LogP contribution >= 0.6 is 0 Å². The molecule has 1 aromatic heterocycles. The first kappa shape index (κ1) is 12.1. The van der Waals surface area contributed by atoms with E-state index in [1.54, 1.807) is 0 Å². The number of hydrogen-bond donors (Lipinski definition) is 1. The summed E-state index contributed by atoms with van der Waals surface area (Å²) in [6, 6.07) is 10.5. The molecule has 0 aliphatic heterocycles. The van der Waals surface area contributed by atoms with Crippen molar-refractivity contribution in [1.82, 2.24) is 10.1 Å². The van der Waals surface area contributed by atoms with Crippen LogP contribution in [0.25, 0.3) is 0 Å². The van der Waals surface area contributed by atoms with Crippen LogP contribution < -0.4 is 5.73 Å². The van der Waals surface area contributed by atoms with Crippen molar-refractivity contribution in [3.63, 3.8) is 0 Å². The smallest absolute Gasteiger partial charge is 0.230 e. The summed E-state index contributed by atoms with van der Waals surface area (Å²) in [5, 5.41) is 4.15. The molecule has 2 N–H and O–H groups in total. The average Bonchev–Trinajstić information content (AvgIpc) is 2.90. The van der Waals surface area contributed by atoms with E-state index >= 15 is 0 Å². The standard InChI is InChI=1S/C16H19N3O/c17-16(8-4-5-9-16)15-18-14(20-19-15)13-10-12(13)11-6-2-1-3-7-11/h1-3,6-7,12-13H,4-5,8-10,17H2. The molecule has 104 valence electrons. The van der Waals surface area contributed by atoms with E-state index in [1.807, 2.05) is 6.07 Å². The van der Waals surface area contributed by atoms with Crippen molar-refractivity contribution in [2.45, 2.75) is 49.5 Å². The summed E-state index contributed by atoms with van der Waals surface area (Å²) >= 11 is 0. The molecule has 0 bridgehead atoms. The second-order valence-corrected chi connectivity index (χ2v) is 6.18. The van der Waals surface area contributed by atoms with E-state index in [1.165, 1.54) is 5.56 Å². The van der Waals surface area contributed by atoms with Crippen molar-refractivity contribution in [2.24, 2.45) is 5.73 Å². The second kappa shape index (κ2) is 4.42. The van der Waals surface area contributed by atoms with Crippen LogP contribution in [0.2, 0.25) is 0 Å². The van der Waals surface area contributed by atoms with Crippen molar-refractivity contribution >= 4 is 0 Å². The molecule has 0 amide bonds. The Bertz CT molecular complexity index is 601. The zero-order valence-corrected chi connectivity index (χ0v) is 11.5. The van der Waals surface area contributed by atoms with Gasteiger partial charge in [-0.3, -0.25) is 0 Å². The van der Waals surface area contributed by atoms with Gasteiger partial charge in [0, 0.05) is 5.92 Å². The van der Waals surface area contributed by atoms with E-state index in [0.717, 1.165) is 38.0 Å². The summed E-state index contributed by atoms with van der Waals surface area (Å²) in [6.45, 7) is 0. The minimum absolute atomic E-state index is 0.348. The average molecular weight is 269 g/mol. The van der Waals surface area contributed by atoms with Gasteiger partial charge in [-0.05, 0) is 30.7 Å². The van der Waals surface area contributed by atoms with E-state index in [2.05, 4.69) is 34.4 Å². The fourth-order valence-electron chi connectivity index (χ4n) is 3.35. The van der Waals surface area contributed by atoms with Crippen LogP contribution in [0, 0.1) is 0 Å². The Morgan fingerprint density at radius 3 is 2.60 bits per heavy atom. The molecule has 20 heavy (non-hydrogen) atoms. The zero-order chi connectivity index (χ0) is 13.6. The van der Waals surface area contributed by atoms with Gasteiger partial charge in [0.1, 0.15) is 0 Å². The lowest BCUT2D eigenvalue weighted by atomic mass is 9.99. The van der Waals surface area contributed by atoms with Crippen molar-refractivity contribution in [1.29, 1.82) is 0 Å². The molecule has 1 heterocycles. The lowest BCUT2D eigenvalue weighted by molar-refractivity contribution is 0.348.